The van der Waals surface area contributed by atoms with Gasteiger partial charge >= 0.3 is 6.18 Å². The highest BCUT2D eigenvalue weighted by molar-refractivity contribution is 8.00. The molecule has 174 valence electrons. The van der Waals surface area contributed by atoms with Crippen LogP contribution in [0.15, 0.2) is 53.7 Å². The lowest BCUT2D eigenvalue weighted by molar-refractivity contribution is -0.137. The Morgan fingerprint density at radius 3 is 2.52 bits per heavy atom. The molecule has 0 saturated carbocycles. The van der Waals surface area contributed by atoms with Gasteiger partial charge in [0, 0.05) is 6.42 Å². The van der Waals surface area contributed by atoms with Crippen LogP contribution < -0.4 is 10.7 Å². The summed E-state index contributed by atoms with van der Waals surface area (Å²) in [4.78, 5) is 13.3. The zero-order valence-corrected chi connectivity index (χ0v) is 19.0. The van der Waals surface area contributed by atoms with Gasteiger partial charge in [-0.15, -0.1) is 10.2 Å². The number of nitrogens with zero attached hydrogens (tertiary/aromatic N) is 3. The maximum Gasteiger partial charge on any atom is 0.418 e. The van der Waals surface area contributed by atoms with E-state index in [1.165, 1.54) is 30.0 Å². The molecule has 0 unspecified atom stereocenters. The second kappa shape index (κ2) is 9.46. The number of amides is 1. The van der Waals surface area contributed by atoms with E-state index < -0.39 is 28.9 Å². The molecular formula is C23H24F3N5OS. The van der Waals surface area contributed by atoms with Crippen LogP contribution in [0.1, 0.15) is 48.8 Å². The van der Waals surface area contributed by atoms with Crippen LogP contribution in [0.3, 0.4) is 0 Å². The van der Waals surface area contributed by atoms with E-state index in [1.54, 1.807) is 4.68 Å². The van der Waals surface area contributed by atoms with Crippen molar-refractivity contribution >= 4 is 23.4 Å². The Balaban J connectivity index is 1.68. The van der Waals surface area contributed by atoms with Crippen molar-refractivity contribution in [2.45, 2.75) is 55.7 Å². The summed E-state index contributed by atoms with van der Waals surface area (Å²) in [5, 5.41) is 10.6. The van der Waals surface area contributed by atoms with Gasteiger partial charge < -0.3 is 10.7 Å². The lowest BCUT2D eigenvalue weighted by Gasteiger charge is -2.33. The van der Waals surface area contributed by atoms with E-state index in [0.717, 1.165) is 35.9 Å². The van der Waals surface area contributed by atoms with Crippen LogP contribution in [-0.2, 0) is 23.8 Å². The number of halogens is 3. The normalized spacial score (nSPS) is 17.8. The van der Waals surface area contributed by atoms with Crippen LogP contribution in [0.5, 0.6) is 0 Å². The van der Waals surface area contributed by atoms with E-state index in [4.69, 9.17) is 0 Å². The highest BCUT2D eigenvalue weighted by Gasteiger charge is 2.39. The molecule has 0 bridgehead atoms. The molecule has 0 fully saturated rings. The van der Waals surface area contributed by atoms with Gasteiger partial charge in [0.15, 0.2) is 5.82 Å². The molecule has 2 heterocycles. The second-order valence-electron chi connectivity index (χ2n) is 7.76. The maximum atomic E-state index is 13.4. The van der Waals surface area contributed by atoms with Crippen molar-refractivity contribution < 1.29 is 18.0 Å². The first-order chi connectivity index (χ1) is 15.8. The van der Waals surface area contributed by atoms with E-state index in [1.807, 2.05) is 31.2 Å². The Hall–Kier alpha value is -3.01. The van der Waals surface area contributed by atoms with Gasteiger partial charge in [0.25, 0.3) is 0 Å². The first-order valence-corrected chi connectivity index (χ1v) is 11.6. The zero-order valence-electron chi connectivity index (χ0n) is 18.2. The number of hydrogen-bond acceptors (Lipinski definition) is 5. The Kier molecular flexibility index (Phi) is 6.64. The van der Waals surface area contributed by atoms with Crippen LogP contribution in [0.4, 0.5) is 18.9 Å². The molecule has 2 N–H and O–H groups in total. The third-order valence-corrected chi connectivity index (χ3v) is 6.69. The minimum Gasteiger partial charge on any atom is -0.324 e. The fraction of sp³-hybridized carbons (Fsp3) is 0.348. The molecule has 1 amide bonds. The van der Waals surface area contributed by atoms with Crippen molar-refractivity contribution in [3.63, 3.8) is 0 Å². The molecule has 0 radical (unpaired) electrons. The summed E-state index contributed by atoms with van der Waals surface area (Å²) < 4.78 is 42.1. The Labute approximate surface area is 194 Å². The Morgan fingerprint density at radius 2 is 1.85 bits per heavy atom. The number of benzene rings is 2. The Bertz CT molecular complexity index is 1130. The monoisotopic (exact) mass is 475 g/mol. The molecule has 2 atom stereocenters. The van der Waals surface area contributed by atoms with Gasteiger partial charge in [0.2, 0.25) is 11.1 Å². The SMILES string of the molecule is CCCc1nnc2n1N[C@H](c1ccc(CC)cc1)[C@H](C(=O)Nc1ccccc1C(F)(F)F)S2. The number of para-hydroxylation sites is 1. The quantitative estimate of drug-likeness (QED) is 0.512. The van der Waals surface area contributed by atoms with E-state index in [2.05, 4.69) is 27.9 Å². The van der Waals surface area contributed by atoms with Gasteiger partial charge in [-0.1, -0.05) is 62.0 Å². The van der Waals surface area contributed by atoms with Crippen LogP contribution in [0.25, 0.3) is 0 Å². The van der Waals surface area contributed by atoms with Crippen molar-refractivity contribution in [3.05, 3.63) is 71.0 Å². The zero-order chi connectivity index (χ0) is 23.6. The summed E-state index contributed by atoms with van der Waals surface area (Å²) in [5.74, 6) is 0.205. The summed E-state index contributed by atoms with van der Waals surface area (Å²) in [6.07, 6.45) is -2.12. The highest BCUT2D eigenvalue weighted by Crippen LogP contribution is 2.39. The maximum absolute atomic E-state index is 13.4. The van der Waals surface area contributed by atoms with Gasteiger partial charge in [-0.3, -0.25) is 4.79 Å². The molecule has 3 aromatic rings. The first kappa shape index (κ1) is 23.2. The smallest absolute Gasteiger partial charge is 0.324 e. The van der Waals surface area contributed by atoms with Crippen molar-refractivity contribution in [1.82, 2.24) is 14.9 Å². The van der Waals surface area contributed by atoms with Gasteiger partial charge in [-0.05, 0) is 36.1 Å². The largest absolute Gasteiger partial charge is 0.418 e. The summed E-state index contributed by atoms with van der Waals surface area (Å²) in [5.41, 5.74) is 4.18. The molecule has 0 saturated heterocycles. The van der Waals surface area contributed by atoms with Crippen molar-refractivity contribution in [2.24, 2.45) is 0 Å². The average molecular weight is 476 g/mol. The van der Waals surface area contributed by atoms with Crippen molar-refractivity contribution in [3.8, 4) is 0 Å². The third-order valence-electron chi connectivity index (χ3n) is 5.47. The number of aromatic nitrogens is 3. The minimum atomic E-state index is -4.58. The van der Waals surface area contributed by atoms with Crippen molar-refractivity contribution in [1.29, 1.82) is 0 Å². The Morgan fingerprint density at radius 1 is 1.12 bits per heavy atom. The van der Waals surface area contributed by atoms with Crippen LogP contribution in [0, 0.1) is 0 Å². The summed E-state index contributed by atoms with van der Waals surface area (Å²) in [7, 11) is 0. The minimum absolute atomic E-state index is 0.269. The molecular weight excluding hydrogens is 451 g/mol. The number of alkyl halides is 3. The number of carbonyl (C=O) groups is 1. The lowest BCUT2D eigenvalue weighted by Crippen LogP contribution is -2.41. The fourth-order valence-electron chi connectivity index (χ4n) is 3.74. The molecule has 6 nitrogen and oxygen atoms in total. The number of rotatable bonds is 6. The number of hydrogen-bond donors (Lipinski definition) is 2. The molecule has 0 spiro atoms. The van der Waals surface area contributed by atoms with Gasteiger partial charge in [-0.2, -0.15) is 13.2 Å². The fourth-order valence-corrected chi connectivity index (χ4v) is 4.84. The molecule has 4 rings (SSSR count). The van der Waals surface area contributed by atoms with Crippen LogP contribution in [-0.4, -0.2) is 26.0 Å². The summed E-state index contributed by atoms with van der Waals surface area (Å²) in [6, 6.07) is 12.3. The first-order valence-electron chi connectivity index (χ1n) is 10.7. The molecule has 10 heteroatoms. The number of fused-ring (bicyclic) bond motifs is 1. The van der Waals surface area contributed by atoms with Gasteiger partial charge in [0.1, 0.15) is 5.25 Å². The number of anilines is 1. The highest BCUT2D eigenvalue weighted by atomic mass is 32.2. The van der Waals surface area contributed by atoms with Crippen LogP contribution >= 0.6 is 11.8 Å². The number of thioether (sulfide) groups is 1. The summed E-state index contributed by atoms with van der Waals surface area (Å²) in [6.45, 7) is 4.09. The average Bonchev–Trinajstić information content (AvgIpc) is 3.20. The molecule has 33 heavy (non-hydrogen) atoms. The lowest BCUT2D eigenvalue weighted by atomic mass is 10.0. The number of carbonyl (C=O) groups excluding carboxylic acids is 1. The second-order valence-corrected chi connectivity index (χ2v) is 8.87. The van der Waals surface area contributed by atoms with E-state index in [-0.39, 0.29) is 5.69 Å². The molecule has 0 aliphatic carbocycles. The van der Waals surface area contributed by atoms with Gasteiger partial charge in [0.05, 0.1) is 17.3 Å². The molecule has 1 aliphatic rings. The topological polar surface area (TPSA) is 71.8 Å². The third kappa shape index (κ3) is 4.85. The predicted octanol–water partition coefficient (Wildman–Crippen LogP) is 5.21. The van der Waals surface area contributed by atoms with E-state index in [0.29, 0.717) is 11.6 Å². The summed E-state index contributed by atoms with van der Waals surface area (Å²) >= 11 is 1.19. The molecule has 2 aromatic carbocycles. The van der Waals surface area contributed by atoms with E-state index in [9.17, 15) is 18.0 Å². The van der Waals surface area contributed by atoms with E-state index >= 15 is 0 Å². The standard InChI is InChI=1S/C23H24F3N5OS/c1-3-7-18-28-29-22-31(18)30-19(15-12-10-14(4-2)11-13-15)20(33-22)21(32)27-17-9-6-5-8-16(17)23(24,25)26/h5-6,8-13,19-20,30H,3-4,7H2,1-2H3,(H,27,32)/t19-,20-/m1/s1. The predicted molar refractivity (Wildman–Crippen MR) is 122 cm³/mol. The van der Waals surface area contributed by atoms with Crippen molar-refractivity contribution in [2.75, 3.05) is 10.7 Å². The number of nitrogens with one attached hydrogen (secondary N) is 2. The van der Waals surface area contributed by atoms with Gasteiger partial charge in [-0.25, -0.2) is 4.68 Å². The molecule has 1 aliphatic heterocycles. The van der Waals surface area contributed by atoms with Crippen LogP contribution in [0.2, 0.25) is 0 Å². The number of aryl methyl sites for hydroxylation is 2. The molecule has 1 aromatic heterocycles.